The highest BCUT2D eigenvalue weighted by Gasteiger charge is 2.06. The molecule has 1 N–H and O–H groups in total. The van der Waals surface area contributed by atoms with E-state index in [4.69, 9.17) is 0 Å². The fourth-order valence-corrected chi connectivity index (χ4v) is 2.60. The molecule has 3 aromatic rings. The minimum Gasteiger partial charge on any atom is -0.332 e. The van der Waals surface area contributed by atoms with Crippen LogP contribution in [0, 0.1) is 0 Å². The topological polar surface area (TPSA) is 54.9 Å². The van der Waals surface area contributed by atoms with Gasteiger partial charge < -0.3 is 5.32 Å². The van der Waals surface area contributed by atoms with Crippen LogP contribution >= 0.6 is 11.3 Å². The van der Waals surface area contributed by atoms with E-state index in [-0.39, 0.29) is 5.78 Å². The number of hydrogen-bond acceptors (Lipinski definition) is 5. The van der Waals surface area contributed by atoms with E-state index in [1.165, 1.54) is 11.3 Å². The lowest BCUT2D eigenvalue weighted by molar-refractivity contribution is 0.101. The number of anilines is 2. The number of aromatic nitrogens is 2. The van der Waals surface area contributed by atoms with Crippen molar-refractivity contribution in [2.24, 2.45) is 0 Å². The average Bonchev–Trinajstić information content (AvgIpc) is 2.97. The van der Waals surface area contributed by atoms with E-state index in [9.17, 15) is 4.79 Å². The largest absolute Gasteiger partial charge is 0.332 e. The highest BCUT2D eigenvalue weighted by atomic mass is 32.1. The molecular formula is C16H13N3OS. The number of ketones is 1. The summed E-state index contributed by atoms with van der Waals surface area (Å²) in [6.45, 7) is 1.56. The molecular weight excluding hydrogens is 282 g/mol. The van der Waals surface area contributed by atoms with E-state index in [2.05, 4.69) is 15.3 Å². The van der Waals surface area contributed by atoms with Crippen molar-refractivity contribution >= 4 is 27.9 Å². The molecule has 0 saturated carbocycles. The van der Waals surface area contributed by atoms with Gasteiger partial charge in [0, 0.05) is 22.8 Å². The van der Waals surface area contributed by atoms with Crippen molar-refractivity contribution in [2.45, 2.75) is 6.92 Å². The smallest absolute Gasteiger partial charge is 0.187 e. The number of thiazole rings is 1. The van der Waals surface area contributed by atoms with Crippen molar-refractivity contribution in [3.63, 3.8) is 0 Å². The monoisotopic (exact) mass is 295 g/mol. The second kappa shape index (κ2) is 5.85. The van der Waals surface area contributed by atoms with Gasteiger partial charge in [-0.2, -0.15) is 0 Å². The van der Waals surface area contributed by atoms with Gasteiger partial charge in [0.1, 0.15) is 5.69 Å². The van der Waals surface area contributed by atoms with E-state index in [1.807, 2.05) is 35.7 Å². The van der Waals surface area contributed by atoms with Crippen LogP contribution < -0.4 is 5.32 Å². The number of pyridine rings is 1. The molecule has 0 amide bonds. The van der Waals surface area contributed by atoms with Gasteiger partial charge >= 0.3 is 0 Å². The first-order valence-electron chi connectivity index (χ1n) is 6.47. The van der Waals surface area contributed by atoms with E-state index >= 15 is 0 Å². The van der Waals surface area contributed by atoms with Crippen LogP contribution in [-0.2, 0) is 0 Å². The summed E-state index contributed by atoms with van der Waals surface area (Å²) in [4.78, 5) is 20.0. The van der Waals surface area contributed by atoms with Crippen molar-refractivity contribution in [1.82, 2.24) is 9.97 Å². The van der Waals surface area contributed by atoms with Gasteiger partial charge in [-0.25, -0.2) is 4.98 Å². The Labute approximate surface area is 126 Å². The Morgan fingerprint density at radius 3 is 2.57 bits per heavy atom. The molecule has 0 bridgehead atoms. The zero-order valence-electron chi connectivity index (χ0n) is 11.4. The predicted molar refractivity (Wildman–Crippen MR) is 85.1 cm³/mol. The van der Waals surface area contributed by atoms with Crippen molar-refractivity contribution in [3.8, 4) is 11.4 Å². The molecule has 0 radical (unpaired) electrons. The van der Waals surface area contributed by atoms with Gasteiger partial charge in [-0.15, -0.1) is 11.3 Å². The molecule has 4 nitrogen and oxygen atoms in total. The van der Waals surface area contributed by atoms with Crippen LogP contribution in [0.1, 0.15) is 17.3 Å². The summed E-state index contributed by atoms with van der Waals surface area (Å²) in [6.07, 6.45) is 1.75. The van der Waals surface area contributed by atoms with E-state index in [1.54, 1.807) is 25.3 Å². The minimum atomic E-state index is 0.0632. The molecule has 0 aliphatic carbocycles. The molecule has 0 saturated heterocycles. The van der Waals surface area contributed by atoms with E-state index in [0.29, 0.717) is 5.56 Å². The summed E-state index contributed by atoms with van der Waals surface area (Å²) < 4.78 is 0. The fourth-order valence-electron chi connectivity index (χ4n) is 1.87. The van der Waals surface area contributed by atoms with Crippen molar-refractivity contribution < 1.29 is 4.79 Å². The third kappa shape index (κ3) is 3.14. The second-order valence-corrected chi connectivity index (χ2v) is 5.37. The lowest BCUT2D eigenvalue weighted by Gasteiger charge is -2.03. The molecule has 2 aromatic heterocycles. The van der Waals surface area contributed by atoms with Crippen LogP contribution in [-0.4, -0.2) is 15.8 Å². The zero-order chi connectivity index (χ0) is 14.7. The second-order valence-electron chi connectivity index (χ2n) is 4.51. The summed E-state index contributed by atoms with van der Waals surface area (Å²) in [6, 6.07) is 13.1. The van der Waals surface area contributed by atoms with Gasteiger partial charge in [-0.05, 0) is 43.3 Å². The first kappa shape index (κ1) is 13.5. The number of Topliss-reactive ketones (excluding diaryl/α,β-unsaturated/α-hetero) is 1. The molecule has 0 unspecified atom stereocenters. The first-order chi connectivity index (χ1) is 10.2. The Morgan fingerprint density at radius 1 is 1.10 bits per heavy atom. The van der Waals surface area contributed by atoms with E-state index < -0.39 is 0 Å². The number of rotatable bonds is 4. The number of nitrogens with zero attached hydrogens (tertiary/aromatic N) is 2. The number of carbonyl (C=O) groups is 1. The summed E-state index contributed by atoms with van der Waals surface area (Å²) in [5.74, 6) is 0.0632. The summed E-state index contributed by atoms with van der Waals surface area (Å²) in [5.41, 5.74) is 3.31. The van der Waals surface area contributed by atoms with Crippen LogP contribution in [0.15, 0.2) is 54.0 Å². The Bertz CT molecular complexity index is 751. The summed E-state index contributed by atoms with van der Waals surface area (Å²) in [5, 5.41) is 5.99. The van der Waals surface area contributed by atoms with Gasteiger partial charge in [0.2, 0.25) is 0 Å². The molecule has 0 fully saturated rings. The Hall–Kier alpha value is -2.53. The van der Waals surface area contributed by atoms with Crippen LogP contribution in [0.2, 0.25) is 0 Å². The summed E-state index contributed by atoms with van der Waals surface area (Å²) in [7, 11) is 0. The lowest BCUT2D eigenvalue weighted by Crippen LogP contribution is -1.93. The normalized spacial score (nSPS) is 10.3. The van der Waals surface area contributed by atoms with Crippen LogP contribution in [0.3, 0.4) is 0 Å². The molecule has 0 aliphatic rings. The lowest BCUT2D eigenvalue weighted by atomic mass is 10.1. The summed E-state index contributed by atoms with van der Waals surface area (Å²) >= 11 is 1.52. The van der Waals surface area contributed by atoms with E-state index in [0.717, 1.165) is 22.2 Å². The molecule has 21 heavy (non-hydrogen) atoms. The molecule has 1 aromatic carbocycles. The molecule has 2 heterocycles. The SMILES string of the molecule is CC(=O)c1ccc(Nc2nc(-c3ccccn3)cs2)cc1. The standard InChI is InChI=1S/C16H13N3OS/c1-11(20)12-5-7-13(8-6-12)18-16-19-15(10-21-16)14-4-2-3-9-17-14/h2-10H,1H3,(H,18,19). The van der Waals surface area contributed by atoms with Crippen LogP contribution in [0.4, 0.5) is 10.8 Å². The maximum absolute atomic E-state index is 11.2. The predicted octanol–water partition coefficient (Wildman–Crippen LogP) is 4.15. The van der Waals surface area contributed by atoms with Crippen molar-refractivity contribution in [3.05, 3.63) is 59.6 Å². The zero-order valence-corrected chi connectivity index (χ0v) is 12.2. The average molecular weight is 295 g/mol. The highest BCUT2D eigenvalue weighted by molar-refractivity contribution is 7.14. The maximum Gasteiger partial charge on any atom is 0.187 e. The maximum atomic E-state index is 11.2. The van der Waals surface area contributed by atoms with Gasteiger partial charge in [-0.3, -0.25) is 9.78 Å². The molecule has 104 valence electrons. The van der Waals surface area contributed by atoms with Crippen molar-refractivity contribution in [1.29, 1.82) is 0 Å². The molecule has 0 aliphatic heterocycles. The van der Waals surface area contributed by atoms with Crippen LogP contribution in [0.25, 0.3) is 11.4 Å². The first-order valence-corrected chi connectivity index (χ1v) is 7.35. The number of nitrogens with one attached hydrogen (secondary N) is 1. The number of hydrogen-bond donors (Lipinski definition) is 1. The van der Waals surface area contributed by atoms with Crippen molar-refractivity contribution in [2.75, 3.05) is 5.32 Å². The Balaban J connectivity index is 1.77. The minimum absolute atomic E-state index is 0.0632. The Kier molecular flexibility index (Phi) is 3.75. The number of carbonyl (C=O) groups excluding carboxylic acids is 1. The third-order valence-electron chi connectivity index (χ3n) is 2.97. The van der Waals surface area contributed by atoms with Crippen LogP contribution in [0.5, 0.6) is 0 Å². The molecule has 3 rings (SSSR count). The third-order valence-corrected chi connectivity index (χ3v) is 3.73. The number of benzene rings is 1. The Morgan fingerprint density at radius 2 is 1.90 bits per heavy atom. The quantitative estimate of drug-likeness (QED) is 0.735. The van der Waals surface area contributed by atoms with Gasteiger partial charge in [0.15, 0.2) is 10.9 Å². The molecule has 0 atom stereocenters. The van der Waals surface area contributed by atoms with Gasteiger partial charge in [-0.1, -0.05) is 6.07 Å². The highest BCUT2D eigenvalue weighted by Crippen LogP contribution is 2.26. The van der Waals surface area contributed by atoms with Gasteiger partial charge in [0.25, 0.3) is 0 Å². The molecule has 5 heteroatoms. The molecule has 0 spiro atoms. The van der Waals surface area contributed by atoms with Gasteiger partial charge in [0.05, 0.1) is 5.69 Å². The fraction of sp³-hybridized carbons (Fsp3) is 0.0625.